The zero-order valence-corrected chi connectivity index (χ0v) is 8.25. The van der Waals surface area contributed by atoms with Crippen LogP contribution in [0.3, 0.4) is 0 Å². The lowest BCUT2D eigenvalue weighted by Crippen LogP contribution is -2.45. The first-order valence-electron chi connectivity index (χ1n) is 5.08. The van der Waals surface area contributed by atoms with Gasteiger partial charge in [-0.3, -0.25) is 0 Å². The molecule has 1 saturated carbocycles. The third-order valence-electron chi connectivity index (χ3n) is 2.40. The molecule has 0 aromatic heterocycles. The highest BCUT2D eigenvalue weighted by Crippen LogP contribution is 2.22. The van der Waals surface area contributed by atoms with Crippen LogP contribution in [-0.4, -0.2) is 25.3 Å². The van der Waals surface area contributed by atoms with Crippen LogP contribution in [0.25, 0.3) is 0 Å². The molecule has 13 heavy (non-hydrogen) atoms. The molecule has 0 unspecified atom stereocenters. The molecular formula is C10H18N2O. The number of nitrogens with zero attached hydrogens (tertiary/aromatic N) is 1. The molecule has 0 saturated heterocycles. The summed E-state index contributed by atoms with van der Waals surface area (Å²) in [6.45, 7) is 3.83. The molecule has 0 aliphatic heterocycles. The Bertz CT molecular complexity index is 170. The number of rotatable bonds is 6. The molecule has 0 spiro atoms. The topological polar surface area (TPSA) is 45.0 Å². The van der Waals surface area contributed by atoms with Crippen molar-refractivity contribution in [3.05, 3.63) is 0 Å². The normalized spacial score (nSPS) is 26.5. The Balaban J connectivity index is 1.88. The minimum absolute atomic E-state index is 0.485. The quantitative estimate of drug-likeness (QED) is 0.632. The second-order valence-electron chi connectivity index (χ2n) is 3.46. The van der Waals surface area contributed by atoms with Crippen molar-refractivity contribution >= 4 is 0 Å². The molecule has 3 nitrogen and oxygen atoms in total. The predicted molar refractivity (Wildman–Crippen MR) is 51.3 cm³/mol. The molecule has 1 N–H and O–H groups in total. The van der Waals surface area contributed by atoms with Gasteiger partial charge in [-0.15, -0.1) is 0 Å². The maximum atomic E-state index is 8.32. The van der Waals surface area contributed by atoms with E-state index >= 15 is 0 Å². The number of ether oxygens (including phenoxy) is 1. The van der Waals surface area contributed by atoms with Crippen LogP contribution < -0.4 is 5.32 Å². The van der Waals surface area contributed by atoms with E-state index in [4.69, 9.17) is 10.00 Å². The summed E-state index contributed by atoms with van der Waals surface area (Å²) in [6.07, 6.45) is 4.39. The molecule has 1 rings (SSSR count). The monoisotopic (exact) mass is 182 g/mol. The third kappa shape index (κ3) is 3.75. The minimum Gasteiger partial charge on any atom is -0.378 e. The van der Waals surface area contributed by atoms with E-state index in [-0.39, 0.29) is 0 Å². The number of nitriles is 1. The molecular weight excluding hydrogens is 164 g/mol. The van der Waals surface area contributed by atoms with Gasteiger partial charge in [-0.25, -0.2) is 0 Å². The van der Waals surface area contributed by atoms with Crippen LogP contribution in [0.15, 0.2) is 0 Å². The van der Waals surface area contributed by atoms with E-state index in [9.17, 15) is 0 Å². The Kier molecular flexibility index (Phi) is 4.81. The smallest absolute Gasteiger partial charge is 0.0622 e. The summed E-state index contributed by atoms with van der Waals surface area (Å²) in [5, 5.41) is 11.7. The Morgan fingerprint density at radius 3 is 2.92 bits per heavy atom. The fourth-order valence-electron chi connectivity index (χ4n) is 1.58. The van der Waals surface area contributed by atoms with Crippen LogP contribution in [0.5, 0.6) is 0 Å². The van der Waals surface area contributed by atoms with Crippen LogP contribution in [0, 0.1) is 11.3 Å². The van der Waals surface area contributed by atoms with Crippen molar-refractivity contribution in [2.24, 2.45) is 0 Å². The van der Waals surface area contributed by atoms with Gasteiger partial charge in [0.1, 0.15) is 0 Å². The average molecular weight is 182 g/mol. The zero-order valence-electron chi connectivity index (χ0n) is 8.25. The molecule has 0 amide bonds. The zero-order chi connectivity index (χ0) is 9.52. The second-order valence-corrected chi connectivity index (χ2v) is 3.46. The molecule has 0 heterocycles. The molecule has 0 bridgehead atoms. The molecule has 0 atom stereocenters. The lowest BCUT2D eigenvalue weighted by Gasteiger charge is -2.35. The van der Waals surface area contributed by atoms with E-state index in [2.05, 4.69) is 11.4 Å². The van der Waals surface area contributed by atoms with Gasteiger partial charge in [0.15, 0.2) is 0 Å². The molecule has 0 aromatic carbocycles. The van der Waals surface area contributed by atoms with E-state index in [1.165, 1.54) is 0 Å². The lowest BCUT2D eigenvalue weighted by molar-refractivity contribution is -0.00970. The fourth-order valence-corrected chi connectivity index (χ4v) is 1.58. The molecule has 1 aliphatic carbocycles. The second kappa shape index (κ2) is 5.95. The van der Waals surface area contributed by atoms with Gasteiger partial charge in [0.05, 0.1) is 12.2 Å². The van der Waals surface area contributed by atoms with Crippen molar-refractivity contribution in [2.75, 3.05) is 13.2 Å². The van der Waals surface area contributed by atoms with E-state index in [0.29, 0.717) is 18.6 Å². The van der Waals surface area contributed by atoms with Gasteiger partial charge in [0.25, 0.3) is 0 Å². The molecule has 1 fully saturated rings. The molecule has 74 valence electrons. The first-order valence-corrected chi connectivity index (χ1v) is 5.08. The number of unbranched alkanes of at least 4 members (excludes halogenated alkanes) is 1. The molecule has 1 aliphatic rings. The number of nitrogens with one attached hydrogen (secondary N) is 1. The van der Waals surface area contributed by atoms with Gasteiger partial charge in [-0.05, 0) is 32.7 Å². The van der Waals surface area contributed by atoms with E-state index < -0.39 is 0 Å². The highest BCUT2D eigenvalue weighted by atomic mass is 16.5. The summed E-state index contributed by atoms with van der Waals surface area (Å²) in [7, 11) is 0. The SMILES string of the molecule is CCOC1CC(NCCCC#N)C1. The largest absolute Gasteiger partial charge is 0.378 e. The maximum Gasteiger partial charge on any atom is 0.0622 e. The lowest BCUT2D eigenvalue weighted by atomic mass is 9.89. The summed E-state index contributed by atoms with van der Waals surface area (Å²) < 4.78 is 5.44. The van der Waals surface area contributed by atoms with Gasteiger partial charge >= 0.3 is 0 Å². The molecule has 3 heteroatoms. The van der Waals surface area contributed by atoms with E-state index in [0.717, 1.165) is 32.4 Å². The highest BCUT2D eigenvalue weighted by molar-refractivity contribution is 4.86. The maximum absolute atomic E-state index is 8.32. The standard InChI is InChI=1S/C10H18N2O/c1-2-13-10-7-9(8-10)12-6-4-3-5-11/h9-10,12H,2-4,6-8H2,1H3. The first kappa shape index (κ1) is 10.5. The van der Waals surface area contributed by atoms with Crippen molar-refractivity contribution in [3.63, 3.8) is 0 Å². The summed E-state index contributed by atoms with van der Waals surface area (Å²) in [5.41, 5.74) is 0. The minimum atomic E-state index is 0.485. The highest BCUT2D eigenvalue weighted by Gasteiger charge is 2.28. The van der Waals surface area contributed by atoms with Crippen molar-refractivity contribution in [1.29, 1.82) is 5.26 Å². The Hall–Kier alpha value is -0.590. The Morgan fingerprint density at radius 2 is 2.31 bits per heavy atom. The van der Waals surface area contributed by atoms with Crippen molar-refractivity contribution < 1.29 is 4.74 Å². The average Bonchev–Trinajstić information content (AvgIpc) is 2.07. The Labute approximate surface area is 80.1 Å². The van der Waals surface area contributed by atoms with Crippen LogP contribution in [-0.2, 0) is 4.74 Å². The third-order valence-corrected chi connectivity index (χ3v) is 2.40. The fraction of sp³-hybridized carbons (Fsp3) is 0.900. The van der Waals surface area contributed by atoms with Gasteiger partial charge in [-0.2, -0.15) is 5.26 Å². The van der Waals surface area contributed by atoms with Gasteiger partial charge < -0.3 is 10.1 Å². The summed E-state index contributed by atoms with van der Waals surface area (Å²) in [4.78, 5) is 0. The predicted octanol–water partition coefficient (Wildman–Crippen LogP) is 1.45. The van der Waals surface area contributed by atoms with Crippen LogP contribution in [0.4, 0.5) is 0 Å². The summed E-state index contributed by atoms with van der Waals surface area (Å²) in [6, 6.07) is 2.78. The van der Waals surface area contributed by atoms with E-state index in [1.54, 1.807) is 0 Å². The first-order chi connectivity index (χ1) is 6.36. The van der Waals surface area contributed by atoms with Crippen molar-refractivity contribution in [2.45, 2.75) is 44.8 Å². The summed E-state index contributed by atoms with van der Waals surface area (Å²) in [5.74, 6) is 0. The van der Waals surface area contributed by atoms with Gasteiger partial charge in [0, 0.05) is 19.1 Å². The van der Waals surface area contributed by atoms with Gasteiger partial charge in [-0.1, -0.05) is 0 Å². The van der Waals surface area contributed by atoms with Crippen molar-refractivity contribution in [1.82, 2.24) is 5.32 Å². The van der Waals surface area contributed by atoms with Crippen molar-refractivity contribution in [3.8, 4) is 6.07 Å². The molecule has 0 radical (unpaired) electrons. The van der Waals surface area contributed by atoms with E-state index in [1.807, 2.05) is 6.92 Å². The van der Waals surface area contributed by atoms with Crippen LogP contribution in [0.1, 0.15) is 32.6 Å². The Morgan fingerprint density at radius 1 is 1.54 bits per heavy atom. The van der Waals surface area contributed by atoms with Crippen LogP contribution in [0.2, 0.25) is 0 Å². The van der Waals surface area contributed by atoms with Crippen LogP contribution >= 0.6 is 0 Å². The number of hydrogen-bond acceptors (Lipinski definition) is 3. The molecule has 0 aromatic rings. The summed E-state index contributed by atoms with van der Waals surface area (Å²) >= 11 is 0. The van der Waals surface area contributed by atoms with Gasteiger partial charge in [0.2, 0.25) is 0 Å². The number of hydrogen-bond donors (Lipinski definition) is 1.